The number of hydrogen-bond donors (Lipinski definition) is 1. The van der Waals surface area contributed by atoms with E-state index in [1.165, 1.54) is 71.4 Å². The van der Waals surface area contributed by atoms with Gasteiger partial charge in [0.2, 0.25) is 0 Å². The Kier molecular flexibility index (Phi) is 6.79. The third-order valence-electron chi connectivity index (χ3n) is 5.56. The van der Waals surface area contributed by atoms with Crippen LogP contribution in [0, 0.1) is 5.92 Å². The smallest absolute Gasteiger partial charge is 0.0261 e. The highest BCUT2D eigenvalue weighted by Crippen LogP contribution is 2.25. The molecule has 1 N–H and O–H groups in total. The molecule has 0 aromatic rings. The Hall–Kier alpha value is -0.120. The maximum absolute atomic E-state index is 3.62. The quantitative estimate of drug-likeness (QED) is 0.807. The van der Waals surface area contributed by atoms with Crippen molar-refractivity contribution in [1.29, 1.82) is 0 Å². The van der Waals surface area contributed by atoms with Gasteiger partial charge in [0.1, 0.15) is 0 Å². The summed E-state index contributed by atoms with van der Waals surface area (Å²) in [6, 6.07) is 1.61. The number of piperidine rings is 2. The van der Waals surface area contributed by atoms with Crippen molar-refractivity contribution >= 4 is 0 Å². The molecule has 3 heteroatoms. The summed E-state index contributed by atoms with van der Waals surface area (Å²) in [7, 11) is 0. The van der Waals surface area contributed by atoms with Crippen LogP contribution in [0.15, 0.2) is 0 Å². The van der Waals surface area contributed by atoms with Crippen molar-refractivity contribution in [2.45, 2.75) is 65.0 Å². The van der Waals surface area contributed by atoms with Crippen LogP contribution in [0.1, 0.15) is 52.9 Å². The molecule has 2 aliphatic rings. The van der Waals surface area contributed by atoms with Crippen molar-refractivity contribution in [2.75, 3.05) is 39.3 Å². The number of nitrogens with zero attached hydrogens (tertiary/aromatic N) is 2. The first-order valence-electron chi connectivity index (χ1n) is 8.98. The molecule has 3 atom stereocenters. The fourth-order valence-corrected chi connectivity index (χ4v) is 4.29. The molecule has 20 heavy (non-hydrogen) atoms. The first kappa shape index (κ1) is 16.3. The first-order chi connectivity index (χ1) is 9.80. The summed E-state index contributed by atoms with van der Waals surface area (Å²) in [6.07, 6.45) is 6.98. The number of rotatable bonds is 6. The predicted molar refractivity (Wildman–Crippen MR) is 87.2 cm³/mol. The van der Waals surface area contributed by atoms with Crippen molar-refractivity contribution in [1.82, 2.24) is 15.1 Å². The van der Waals surface area contributed by atoms with Gasteiger partial charge in [0.15, 0.2) is 0 Å². The monoisotopic (exact) mass is 281 g/mol. The molecule has 2 fully saturated rings. The summed E-state index contributed by atoms with van der Waals surface area (Å²) in [4.78, 5) is 5.48. The summed E-state index contributed by atoms with van der Waals surface area (Å²) < 4.78 is 0. The molecule has 3 unspecified atom stereocenters. The minimum absolute atomic E-state index is 0.748. The lowest BCUT2D eigenvalue weighted by Gasteiger charge is -2.44. The summed E-state index contributed by atoms with van der Waals surface area (Å²) in [5.41, 5.74) is 0. The zero-order valence-electron chi connectivity index (χ0n) is 13.9. The van der Waals surface area contributed by atoms with Gasteiger partial charge in [-0.3, -0.25) is 4.90 Å². The summed E-state index contributed by atoms with van der Waals surface area (Å²) in [6.45, 7) is 14.5. The first-order valence-corrected chi connectivity index (χ1v) is 8.98. The molecule has 2 aliphatic heterocycles. The van der Waals surface area contributed by atoms with Crippen LogP contribution in [0.25, 0.3) is 0 Å². The molecule has 2 rings (SSSR count). The van der Waals surface area contributed by atoms with Crippen LogP contribution < -0.4 is 5.32 Å². The summed E-state index contributed by atoms with van der Waals surface area (Å²) in [5, 5.41) is 3.62. The van der Waals surface area contributed by atoms with Gasteiger partial charge in [-0.25, -0.2) is 0 Å². The van der Waals surface area contributed by atoms with E-state index in [0.29, 0.717) is 0 Å². The molecule has 0 spiro atoms. The largest absolute Gasteiger partial charge is 0.315 e. The Balaban J connectivity index is 1.96. The number of likely N-dealkylation sites (tertiary alicyclic amines) is 1. The molecular weight excluding hydrogens is 246 g/mol. The lowest BCUT2D eigenvalue weighted by Crippen LogP contribution is -2.55. The molecule has 2 saturated heterocycles. The van der Waals surface area contributed by atoms with Gasteiger partial charge in [0, 0.05) is 25.2 Å². The maximum Gasteiger partial charge on any atom is 0.0261 e. The molecule has 0 bridgehead atoms. The zero-order valence-corrected chi connectivity index (χ0v) is 13.9. The van der Waals surface area contributed by atoms with Gasteiger partial charge in [-0.15, -0.1) is 0 Å². The molecule has 0 radical (unpaired) electrons. The van der Waals surface area contributed by atoms with E-state index in [1.807, 2.05) is 0 Å². The molecule has 0 saturated carbocycles. The fourth-order valence-electron chi connectivity index (χ4n) is 4.29. The molecule has 3 nitrogen and oxygen atoms in total. The normalized spacial score (nSPS) is 32.7. The standard InChI is InChI=1S/C17H35N3/c1-4-16-9-7-8-12-20(16)14-15-10-11-18-13-17(15)19(5-2)6-3/h15-18H,4-14H2,1-3H3. The van der Waals surface area contributed by atoms with Crippen LogP contribution in [-0.4, -0.2) is 61.2 Å². The predicted octanol–water partition coefficient (Wildman–Crippen LogP) is 2.57. The SMILES string of the molecule is CCC1CCCCN1CC1CCNCC1N(CC)CC. The molecule has 2 heterocycles. The van der Waals surface area contributed by atoms with Crippen LogP contribution in [0.4, 0.5) is 0 Å². The van der Waals surface area contributed by atoms with Crippen molar-refractivity contribution in [2.24, 2.45) is 5.92 Å². The molecular formula is C17H35N3. The second kappa shape index (κ2) is 8.35. The third-order valence-corrected chi connectivity index (χ3v) is 5.56. The van der Waals surface area contributed by atoms with Crippen molar-refractivity contribution in [3.63, 3.8) is 0 Å². The second-order valence-corrected chi connectivity index (χ2v) is 6.59. The van der Waals surface area contributed by atoms with Gasteiger partial charge in [0.25, 0.3) is 0 Å². The van der Waals surface area contributed by atoms with E-state index in [2.05, 4.69) is 35.9 Å². The Morgan fingerprint density at radius 3 is 2.60 bits per heavy atom. The number of nitrogens with one attached hydrogen (secondary N) is 1. The van der Waals surface area contributed by atoms with Crippen LogP contribution in [-0.2, 0) is 0 Å². The zero-order chi connectivity index (χ0) is 14.4. The molecule has 0 amide bonds. The molecule has 0 aromatic heterocycles. The maximum atomic E-state index is 3.62. The summed E-state index contributed by atoms with van der Waals surface area (Å²) in [5.74, 6) is 0.864. The van der Waals surface area contributed by atoms with Crippen LogP contribution in [0.2, 0.25) is 0 Å². The van der Waals surface area contributed by atoms with E-state index in [1.54, 1.807) is 0 Å². The highest BCUT2D eigenvalue weighted by molar-refractivity contribution is 4.89. The van der Waals surface area contributed by atoms with Gasteiger partial charge >= 0.3 is 0 Å². The minimum atomic E-state index is 0.748. The van der Waals surface area contributed by atoms with Gasteiger partial charge in [-0.2, -0.15) is 0 Å². The second-order valence-electron chi connectivity index (χ2n) is 6.59. The Labute approximate surface area is 126 Å². The third kappa shape index (κ3) is 3.96. The molecule has 0 aromatic carbocycles. The Morgan fingerprint density at radius 2 is 1.90 bits per heavy atom. The van der Waals surface area contributed by atoms with E-state index in [4.69, 9.17) is 0 Å². The van der Waals surface area contributed by atoms with E-state index in [0.717, 1.165) is 18.0 Å². The van der Waals surface area contributed by atoms with E-state index in [-0.39, 0.29) is 0 Å². The highest BCUT2D eigenvalue weighted by Gasteiger charge is 2.32. The van der Waals surface area contributed by atoms with Gasteiger partial charge < -0.3 is 10.2 Å². The van der Waals surface area contributed by atoms with E-state index >= 15 is 0 Å². The number of hydrogen-bond acceptors (Lipinski definition) is 3. The van der Waals surface area contributed by atoms with E-state index in [9.17, 15) is 0 Å². The molecule has 118 valence electrons. The lowest BCUT2D eigenvalue weighted by atomic mass is 9.88. The van der Waals surface area contributed by atoms with Gasteiger partial charge in [-0.1, -0.05) is 27.2 Å². The van der Waals surface area contributed by atoms with Gasteiger partial charge in [0.05, 0.1) is 0 Å². The Morgan fingerprint density at radius 1 is 1.10 bits per heavy atom. The van der Waals surface area contributed by atoms with Crippen LogP contribution in [0.3, 0.4) is 0 Å². The Bertz CT molecular complexity index is 265. The lowest BCUT2D eigenvalue weighted by molar-refractivity contribution is 0.0614. The average Bonchev–Trinajstić information content (AvgIpc) is 2.50. The molecule has 0 aliphatic carbocycles. The van der Waals surface area contributed by atoms with E-state index < -0.39 is 0 Å². The van der Waals surface area contributed by atoms with Gasteiger partial charge in [-0.05, 0) is 57.8 Å². The topological polar surface area (TPSA) is 18.5 Å². The average molecular weight is 281 g/mol. The van der Waals surface area contributed by atoms with Crippen molar-refractivity contribution in [3.05, 3.63) is 0 Å². The van der Waals surface area contributed by atoms with Crippen molar-refractivity contribution in [3.8, 4) is 0 Å². The minimum Gasteiger partial charge on any atom is -0.315 e. The van der Waals surface area contributed by atoms with Crippen LogP contribution >= 0.6 is 0 Å². The number of likely N-dealkylation sites (N-methyl/N-ethyl adjacent to an activating group) is 1. The van der Waals surface area contributed by atoms with Crippen LogP contribution in [0.5, 0.6) is 0 Å². The van der Waals surface area contributed by atoms with Crippen molar-refractivity contribution < 1.29 is 0 Å². The summed E-state index contributed by atoms with van der Waals surface area (Å²) >= 11 is 0. The fraction of sp³-hybridized carbons (Fsp3) is 1.00. The highest BCUT2D eigenvalue weighted by atomic mass is 15.2.